The Morgan fingerprint density at radius 2 is 1.88 bits per heavy atom. The van der Waals surface area contributed by atoms with Crippen LogP contribution in [0.1, 0.15) is 38.6 Å². The van der Waals surface area contributed by atoms with Crippen LogP contribution < -0.4 is 10.1 Å². The molecule has 0 spiro atoms. The molecule has 1 N–H and O–H groups in total. The Hall–Kier alpha value is -4.07. The van der Waals surface area contributed by atoms with E-state index in [4.69, 9.17) is 4.74 Å². The first kappa shape index (κ1) is 23.1. The largest absolute Gasteiger partial charge is 0.488 e. The number of benzene rings is 2. The van der Waals surface area contributed by atoms with Gasteiger partial charge in [0.15, 0.2) is 0 Å². The van der Waals surface area contributed by atoms with E-state index in [0.717, 1.165) is 28.6 Å². The molecule has 0 radical (unpaired) electrons. The minimum absolute atomic E-state index is 0.0402. The van der Waals surface area contributed by atoms with Gasteiger partial charge < -0.3 is 10.1 Å². The van der Waals surface area contributed by atoms with Gasteiger partial charge in [-0.05, 0) is 50.2 Å². The SMILES string of the molecule is Cc1ccc(OCc2ccc(F)cc2F)c(Cn2nc(C(=O)NCc3ccccn3)cc2C)c1. The van der Waals surface area contributed by atoms with Crippen molar-refractivity contribution in [2.45, 2.75) is 33.5 Å². The number of hydrogen-bond donors (Lipinski definition) is 1. The lowest BCUT2D eigenvalue weighted by Gasteiger charge is -2.14. The fourth-order valence-corrected chi connectivity index (χ4v) is 3.47. The number of halogens is 2. The first-order valence-corrected chi connectivity index (χ1v) is 10.8. The summed E-state index contributed by atoms with van der Waals surface area (Å²) in [6, 6.07) is 16.3. The van der Waals surface area contributed by atoms with Crippen molar-refractivity contribution in [3.05, 3.63) is 112 Å². The molecule has 4 rings (SSSR count). The number of rotatable bonds is 8. The molecule has 8 heteroatoms. The molecule has 2 aromatic carbocycles. The van der Waals surface area contributed by atoms with E-state index >= 15 is 0 Å². The van der Waals surface area contributed by atoms with Gasteiger partial charge in [-0.3, -0.25) is 14.5 Å². The molecule has 0 aliphatic rings. The summed E-state index contributed by atoms with van der Waals surface area (Å²) >= 11 is 0. The number of hydrogen-bond acceptors (Lipinski definition) is 4. The van der Waals surface area contributed by atoms with Crippen LogP contribution in [0.4, 0.5) is 8.78 Å². The minimum Gasteiger partial charge on any atom is -0.488 e. The Labute approximate surface area is 196 Å². The summed E-state index contributed by atoms with van der Waals surface area (Å²) in [6.07, 6.45) is 1.67. The second-order valence-corrected chi connectivity index (χ2v) is 7.97. The lowest BCUT2D eigenvalue weighted by Crippen LogP contribution is -2.24. The van der Waals surface area contributed by atoms with E-state index < -0.39 is 11.6 Å². The van der Waals surface area contributed by atoms with E-state index in [1.165, 1.54) is 12.1 Å². The van der Waals surface area contributed by atoms with E-state index in [9.17, 15) is 13.6 Å². The zero-order valence-corrected chi connectivity index (χ0v) is 18.9. The number of carbonyl (C=O) groups is 1. The van der Waals surface area contributed by atoms with Crippen LogP contribution >= 0.6 is 0 Å². The Bertz CT molecular complexity index is 1310. The quantitative estimate of drug-likeness (QED) is 0.411. The number of carbonyl (C=O) groups excluding carboxylic acids is 1. The molecule has 0 saturated heterocycles. The number of ether oxygens (including phenoxy) is 1. The summed E-state index contributed by atoms with van der Waals surface area (Å²) in [6.45, 7) is 4.46. The molecule has 0 fully saturated rings. The third-order valence-corrected chi connectivity index (χ3v) is 5.30. The molecule has 0 aliphatic carbocycles. The highest BCUT2D eigenvalue weighted by atomic mass is 19.1. The standard InChI is InChI=1S/C26H24F2N4O2/c1-17-6-9-25(34-16-19-7-8-21(27)13-23(19)28)20(11-17)15-32-18(2)12-24(31-32)26(33)30-14-22-5-3-4-10-29-22/h3-13H,14-16H2,1-2H3,(H,30,33). The van der Waals surface area contributed by atoms with Crippen molar-refractivity contribution in [1.82, 2.24) is 20.1 Å². The lowest BCUT2D eigenvalue weighted by molar-refractivity contribution is 0.0944. The van der Waals surface area contributed by atoms with Crippen molar-refractivity contribution in [1.29, 1.82) is 0 Å². The molecular weight excluding hydrogens is 438 g/mol. The maximum Gasteiger partial charge on any atom is 0.272 e. The topological polar surface area (TPSA) is 69.0 Å². The van der Waals surface area contributed by atoms with Crippen LogP contribution in [0.2, 0.25) is 0 Å². The van der Waals surface area contributed by atoms with Crippen LogP contribution in [-0.2, 0) is 19.7 Å². The number of pyridine rings is 1. The zero-order valence-electron chi connectivity index (χ0n) is 18.9. The summed E-state index contributed by atoms with van der Waals surface area (Å²) in [5.41, 5.74) is 3.97. The summed E-state index contributed by atoms with van der Waals surface area (Å²) in [5, 5.41) is 7.28. The Morgan fingerprint density at radius 3 is 2.65 bits per heavy atom. The number of nitrogens with zero attached hydrogens (tertiary/aromatic N) is 3. The average Bonchev–Trinajstić information content (AvgIpc) is 3.19. The number of aromatic nitrogens is 3. The van der Waals surface area contributed by atoms with Crippen molar-refractivity contribution in [3.63, 3.8) is 0 Å². The smallest absolute Gasteiger partial charge is 0.272 e. The molecule has 0 aliphatic heterocycles. The van der Waals surface area contributed by atoms with E-state index in [1.807, 2.05) is 50.2 Å². The Kier molecular flexibility index (Phi) is 6.96. The first-order valence-electron chi connectivity index (χ1n) is 10.8. The van der Waals surface area contributed by atoms with Gasteiger partial charge in [0.2, 0.25) is 0 Å². The van der Waals surface area contributed by atoms with E-state index in [0.29, 0.717) is 24.5 Å². The Balaban J connectivity index is 1.47. The van der Waals surface area contributed by atoms with Gasteiger partial charge in [-0.15, -0.1) is 0 Å². The van der Waals surface area contributed by atoms with Crippen LogP contribution in [-0.4, -0.2) is 20.7 Å². The van der Waals surface area contributed by atoms with Crippen LogP contribution in [0.25, 0.3) is 0 Å². The maximum atomic E-state index is 14.0. The number of nitrogens with one attached hydrogen (secondary N) is 1. The number of amides is 1. The summed E-state index contributed by atoms with van der Waals surface area (Å²) in [5.74, 6) is -1.02. The summed E-state index contributed by atoms with van der Waals surface area (Å²) < 4.78 is 34.7. The van der Waals surface area contributed by atoms with Gasteiger partial charge in [-0.1, -0.05) is 23.8 Å². The minimum atomic E-state index is -0.655. The van der Waals surface area contributed by atoms with Crippen molar-refractivity contribution < 1.29 is 18.3 Å². The van der Waals surface area contributed by atoms with Crippen molar-refractivity contribution in [3.8, 4) is 5.75 Å². The van der Waals surface area contributed by atoms with Gasteiger partial charge in [0.05, 0.1) is 18.8 Å². The number of aryl methyl sites for hydroxylation is 2. The van der Waals surface area contributed by atoms with Crippen molar-refractivity contribution in [2.75, 3.05) is 0 Å². The molecular formula is C26H24F2N4O2. The fraction of sp³-hybridized carbons (Fsp3) is 0.192. The monoisotopic (exact) mass is 462 g/mol. The molecule has 2 aromatic heterocycles. The van der Waals surface area contributed by atoms with Crippen LogP contribution in [0.5, 0.6) is 5.75 Å². The van der Waals surface area contributed by atoms with Crippen LogP contribution in [0, 0.1) is 25.5 Å². The van der Waals surface area contributed by atoms with Gasteiger partial charge >= 0.3 is 0 Å². The molecule has 174 valence electrons. The van der Waals surface area contributed by atoms with E-state index in [2.05, 4.69) is 15.4 Å². The molecule has 34 heavy (non-hydrogen) atoms. The molecule has 0 unspecified atom stereocenters. The second kappa shape index (κ2) is 10.2. The predicted octanol–water partition coefficient (Wildman–Crippen LogP) is 4.73. The third-order valence-electron chi connectivity index (χ3n) is 5.30. The molecule has 0 atom stereocenters. The molecule has 6 nitrogen and oxygen atoms in total. The maximum absolute atomic E-state index is 14.0. The highest BCUT2D eigenvalue weighted by molar-refractivity contribution is 5.92. The fourth-order valence-electron chi connectivity index (χ4n) is 3.47. The molecule has 2 heterocycles. The predicted molar refractivity (Wildman–Crippen MR) is 123 cm³/mol. The highest BCUT2D eigenvalue weighted by Gasteiger charge is 2.15. The summed E-state index contributed by atoms with van der Waals surface area (Å²) in [4.78, 5) is 16.8. The van der Waals surface area contributed by atoms with Gasteiger partial charge in [0.1, 0.15) is 29.7 Å². The van der Waals surface area contributed by atoms with Gasteiger partial charge in [-0.2, -0.15) is 5.10 Å². The van der Waals surface area contributed by atoms with Gasteiger partial charge in [0, 0.05) is 29.1 Å². The molecule has 0 bridgehead atoms. The van der Waals surface area contributed by atoms with E-state index in [-0.39, 0.29) is 18.1 Å². The lowest BCUT2D eigenvalue weighted by atomic mass is 10.1. The molecule has 0 saturated carbocycles. The highest BCUT2D eigenvalue weighted by Crippen LogP contribution is 2.24. The average molecular weight is 463 g/mol. The normalized spacial score (nSPS) is 10.8. The first-order chi connectivity index (χ1) is 16.4. The summed E-state index contributed by atoms with van der Waals surface area (Å²) in [7, 11) is 0. The molecule has 1 amide bonds. The van der Waals surface area contributed by atoms with Crippen LogP contribution in [0.3, 0.4) is 0 Å². The zero-order chi connectivity index (χ0) is 24.1. The van der Waals surface area contributed by atoms with E-state index in [1.54, 1.807) is 16.9 Å². The van der Waals surface area contributed by atoms with Crippen molar-refractivity contribution >= 4 is 5.91 Å². The van der Waals surface area contributed by atoms with Gasteiger partial charge in [0.25, 0.3) is 5.91 Å². The Morgan fingerprint density at radius 1 is 1.03 bits per heavy atom. The molecule has 4 aromatic rings. The third kappa shape index (κ3) is 5.64. The van der Waals surface area contributed by atoms with Gasteiger partial charge in [-0.25, -0.2) is 8.78 Å². The van der Waals surface area contributed by atoms with Crippen LogP contribution in [0.15, 0.2) is 66.9 Å². The van der Waals surface area contributed by atoms with Crippen molar-refractivity contribution in [2.24, 2.45) is 0 Å². The second-order valence-electron chi connectivity index (χ2n) is 7.97.